The van der Waals surface area contributed by atoms with E-state index in [2.05, 4.69) is 15.9 Å². The van der Waals surface area contributed by atoms with Crippen molar-refractivity contribution in [1.29, 1.82) is 0 Å². The Labute approximate surface area is 113 Å². The van der Waals surface area contributed by atoms with Crippen molar-refractivity contribution in [3.8, 4) is 5.75 Å². The van der Waals surface area contributed by atoms with Gasteiger partial charge in [0, 0.05) is 4.88 Å². The van der Waals surface area contributed by atoms with Crippen LogP contribution in [0.4, 0.5) is 0 Å². The molecule has 17 heavy (non-hydrogen) atoms. The molecular weight excluding hydrogens is 300 g/mol. The lowest BCUT2D eigenvalue weighted by molar-refractivity contribution is 0.110. The third-order valence-electron chi connectivity index (χ3n) is 2.41. The van der Waals surface area contributed by atoms with Crippen LogP contribution in [0.3, 0.4) is 0 Å². The highest BCUT2D eigenvalue weighted by Crippen LogP contribution is 2.28. The lowest BCUT2D eigenvalue weighted by Crippen LogP contribution is -2.08. The second-order valence-electron chi connectivity index (χ2n) is 3.73. The van der Waals surface area contributed by atoms with Gasteiger partial charge in [0.25, 0.3) is 0 Å². The molecule has 1 aromatic heterocycles. The summed E-state index contributed by atoms with van der Waals surface area (Å²) in [4.78, 5) is 0.908. The maximum Gasteiger partial charge on any atom is 0.122 e. The Morgan fingerprint density at radius 2 is 2.06 bits per heavy atom. The van der Waals surface area contributed by atoms with Gasteiger partial charge in [0.1, 0.15) is 18.5 Å². The second kappa shape index (κ2) is 5.67. The van der Waals surface area contributed by atoms with Gasteiger partial charge < -0.3 is 9.84 Å². The Hall–Kier alpha value is -0.840. The molecule has 0 aliphatic rings. The summed E-state index contributed by atoms with van der Waals surface area (Å²) in [6.45, 7) is 2.27. The first-order valence-corrected chi connectivity index (χ1v) is 6.89. The number of para-hydroxylation sites is 1. The summed E-state index contributed by atoms with van der Waals surface area (Å²) in [5.41, 5.74) is 1.08. The van der Waals surface area contributed by atoms with Crippen LogP contribution >= 0.6 is 27.3 Å². The van der Waals surface area contributed by atoms with Crippen LogP contribution in [-0.4, -0.2) is 11.7 Å². The molecule has 1 atom stereocenters. The molecule has 2 aromatic rings. The quantitative estimate of drug-likeness (QED) is 0.927. The third kappa shape index (κ3) is 3.31. The standard InChI is InChI=1S/C13H13BrO2S/c1-9-4-2-3-5-11(9)16-8-10(15)12-6-7-13(14)17-12/h2-7,10,15H,8H2,1H3. The van der Waals surface area contributed by atoms with Gasteiger partial charge in [0.05, 0.1) is 3.79 Å². The molecule has 0 radical (unpaired) electrons. The minimum atomic E-state index is -0.578. The van der Waals surface area contributed by atoms with E-state index in [1.807, 2.05) is 43.3 Å². The SMILES string of the molecule is Cc1ccccc1OCC(O)c1ccc(Br)s1. The van der Waals surface area contributed by atoms with Crippen LogP contribution in [-0.2, 0) is 0 Å². The lowest BCUT2D eigenvalue weighted by Gasteiger charge is -2.12. The number of aliphatic hydroxyl groups is 1. The maximum atomic E-state index is 9.95. The van der Waals surface area contributed by atoms with Crippen LogP contribution in [0.2, 0.25) is 0 Å². The first kappa shape index (κ1) is 12.6. The van der Waals surface area contributed by atoms with Gasteiger partial charge >= 0.3 is 0 Å². The summed E-state index contributed by atoms with van der Waals surface area (Å²) in [7, 11) is 0. The Kier molecular flexibility index (Phi) is 4.20. The van der Waals surface area contributed by atoms with E-state index in [1.54, 1.807) is 0 Å². The predicted molar refractivity (Wildman–Crippen MR) is 73.7 cm³/mol. The monoisotopic (exact) mass is 312 g/mol. The fourth-order valence-corrected chi connectivity index (χ4v) is 2.87. The van der Waals surface area contributed by atoms with Crippen LogP contribution in [0, 0.1) is 6.92 Å². The van der Waals surface area contributed by atoms with E-state index in [9.17, 15) is 5.11 Å². The number of hydrogen-bond donors (Lipinski definition) is 1. The highest BCUT2D eigenvalue weighted by atomic mass is 79.9. The molecule has 0 aliphatic heterocycles. The van der Waals surface area contributed by atoms with Gasteiger partial charge in [-0.25, -0.2) is 0 Å². The van der Waals surface area contributed by atoms with E-state index in [1.165, 1.54) is 11.3 Å². The van der Waals surface area contributed by atoms with Crippen LogP contribution in [0.15, 0.2) is 40.2 Å². The first-order chi connectivity index (χ1) is 8.16. The molecule has 0 amide bonds. The fraction of sp³-hybridized carbons (Fsp3) is 0.231. The van der Waals surface area contributed by atoms with Crippen molar-refractivity contribution in [2.24, 2.45) is 0 Å². The van der Waals surface area contributed by atoms with Gasteiger partial charge in [0.15, 0.2) is 0 Å². The van der Waals surface area contributed by atoms with Gasteiger partial charge in [-0.05, 0) is 46.6 Å². The number of ether oxygens (including phenoxy) is 1. The van der Waals surface area contributed by atoms with E-state index < -0.39 is 6.10 Å². The van der Waals surface area contributed by atoms with Crippen molar-refractivity contribution < 1.29 is 9.84 Å². The van der Waals surface area contributed by atoms with Crippen molar-refractivity contribution in [2.75, 3.05) is 6.61 Å². The maximum absolute atomic E-state index is 9.95. The zero-order valence-corrected chi connectivity index (χ0v) is 11.8. The largest absolute Gasteiger partial charge is 0.490 e. The first-order valence-electron chi connectivity index (χ1n) is 5.28. The summed E-state index contributed by atoms with van der Waals surface area (Å²) in [5.74, 6) is 0.821. The van der Waals surface area contributed by atoms with Gasteiger partial charge in [-0.2, -0.15) is 0 Å². The lowest BCUT2D eigenvalue weighted by atomic mass is 10.2. The summed E-state index contributed by atoms with van der Waals surface area (Å²) < 4.78 is 6.62. The number of rotatable bonds is 4. The molecule has 0 saturated carbocycles. The molecule has 0 spiro atoms. The Bertz CT molecular complexity index is 496. The average Bonchev–Trinajstić information content (AvgIpc) is 2.74. The highest BCUT2D eigenvalue weighted by molar-refractivity contribution is 9.11. The van der Waals surface area contributed by atoms with E-state index in [0.717, 1.165) is 20.0 Å². The van der Waals surface area contributed by atoms with Crippen molar-refractivity contribution >= 4 is 27.3 Å². The fourth-order valence-electron chi connectivity index (χ4n) is 1.48. The number of aliphatic hydroxyl groups excluding tert-OH is 1. The zero-order chi connectivity index (χ0) is 12.3. The normalized spacial score (nSPS) is 12.4. The van der Waals surface area contributed by atoms with Crippen molar-refractivity contribution in [3.63, 3.8) is 0 Å². The van der Waals surface area contributed by atoms with E-state index >= 15 is 0 Å². The van der Waals surface area contributed by atoms with Gasteiger partial charge in [-0.15, -0.1) is 11.3 Å². The number of benzene rings is 1. The van der Waals surface area contributed by atoms with Gasteiger partial charge in [-0.3, -0.25) is 0 Å². The van der Waals surface area contributed by atoms with Crippen molar-refractivity contribution in [2.45, 2.75) is 13.0 Å². The number of aryl methyl sites for hydroxylation is 1. The minimum Gasteiger partial charge on any atom is -0.490 e. The Morgan fingerprint density at radius 3 is 2.71 bits per heavy atom. The Balaban J connectivity index is 1.97. The van der Waals surface area contributed by atoms with Crippen LogP contribution in [0.1, 0.15) is 16.5 Å². The number of hydrogen-bond acceptors (Lipinski definition) is 3. The molecule has 90 valence electrons. The third-order valence-corrected chi connectivity index (χ3v) is 4.14. The van der Waals surface area contributed by atoms with Gasteiger partial charge in [-0.1, -0.05) is 18.2 Å². The van der Waals surface area contributed by atoms with Crippen molar-refractivity contribution in [1.82, 2.24) is 0 Å². The summed E-state index contributed by atoms with van der Waals surface area (Å²) in [6, 6.07) is 11.6. The number of halogens is 1. The molecule has 0 fully saturated rings. The molecule has 0 aliphatic carbocycles. The van der Waals surface area contributed by atoms with E-state index in [0.29, 0.717) is 0 Å². The molecule has 1 unspecified atom stereocenters. The molecule has 1 N–H and O–H groups in total. The topological polar surface area (TPSA) is 29.5 Å². The van der Waals surface area contributed by atoms with Gasteiger partial charge in [0.2, 0.25) is 0 Å². The molecule has 2 nitrogen and oxygen atoms in total. The molecule has 2 rings (SSSR count). The summed E-state index contributed by atoms with van der Waals surface area (Å²) in [5, 5.41) is 9.95. The summed E-state index contributed by atoms with van der Waals surface area (Å²) >= 11 is 4.90. The molecule has 4 heteroatoms. The summed E-state index contributed by atoms with van der Waals surface area (Å²) in [6.07, 6.45) is -0.578. The molecule has 0 bridgehead atoms. The van der Waals surface area contributed by atoms with E-state index in [-0.39, 0.29) is 6.61 Å². The van der Waals surface area contributed by atoms with Crippen LogP contribution in [0.25, 0.3) is 0 Å². The Morgan fingerprint density at radius 1 is 1.29 bits per heavy atom. The molecule has 1 heterocycles. The highest BCUT2D eigenvalue weighted by Gasteiger charge is 2.11. The molecular formula is C13H13BrO2S. The number of thiophene rings is 1. The van der Waals surface area contributed by atoms with Crippen LogP contribution < -0.4 is 4.74 Å². The second-order valence-corrected chi connectivity index (χ2v) is 6.23. The van der Waals surface area contributed by atoms with Crippen LogP contribution in [0.5, 0.6) is 5.75 Å². The molecule has 1 aromatic carbocycles. The zero-order valence-electron chi connectivity index (χ0n) is 9.39. The van der Waals surface area contributed by atoms with E-state index in [4.69, 9.17) is 4.74 Å². The van der Waals surface area contributed by atoms with Crippen molar-refractivity contribution in [3.05, 3.63) is 50.6 Å². The minimum absolute atomic E-state index is 0.276. The predicted octanol–water partition coefficient (Wildman–Crippen LogP) is 3.93. The smallest absolute Gasteiger partial charge is 0.122 e. The average molecular weight is 313 g/mol. The molecule has 0 saturated heterocycles.